The second-order valence-electron chi connectivity index (χ2n) is 8.95. The summed E-state index contributed by atoms with van der Waals surface area (Å²) in [6.45, 7) is 4.36. The molecular formula is C26H26Cl3N5O. The highest BCUT2D eigenvalue weighted by molar-refractivity contribution is 6.43. The molecule has 1 atom stereocenters. The SMILES string of the molecule is O=C(C1CCCN(c2ccc(-c3ccc(Cl)cc3)nn2)C1)N1CCN(c2cccc(Cl)c2Cl)CC1. The zero-order chi connectivity index (χ0) is 24.4. The molecule has 2 aromatic carbocycles. The minimum absolute atomic E-state index is 0.0391. The summed E-state index contributed by atoms with van der Waals surface area (Å²) in [6, 6.07) is 17.2. The first-order chi connectivity index (χ1) is 17.0. The van der Waals surface area contributed by atoms with Gasteiger partial charge >= 0.3 is 0 Å². The van der Waals surface area contributed by atoms with Crippen LogP contribution in [0.4, 0.5) is 11.5 Å². The van der Waals surface area contributed by atoms with Crippen molar-refractivity contribution < 1.29 is 4.79 Å². The maximum atomic E-state index is 13.3. The van der Waals surface area contributed by atoms with Crippen molar-refractivity contribution in [2.45, 2.75) is 12.8 Å². The van der Waals surface area contributed by atoms with Crippen LogP contribution in [-0.2, 0) is 4.79 Å². The molecule has 0 N–H and O–H groups in total. The summed E-state index contributed by atoms with van der Waals surface area (Å²) in [7, 11) is 0. The van der Waals surface area contributed by atoms with Crippen LogP contribution in [0.2, 0.25) is 15.1 Å². The first kappa shape index (κ1) is 24.2. The lowest BCUT2D eigenvalue weighted by atomic mass is 9.96. The lowest BCUT2D eigenvalue weighted by Crippen LogP contribution is -2.52. The molecule has 1 amide bonds. The molecule has 2 saturated heterocycles. The lowest BCUT2D eigenvalue weighted by Gasteiger charge is -2.40. The average Bonchev–Trinajstić information content (AvgIpc) is 2.91. The van der Waals surface area contributed by atoms with Crippen LogP contribution in [0.5, 0.6) is 0 Å². The number of piperazine rings is 1. The fourth-order valence-corrected chi connectivity index (χ4v) is 5.36. The number of aromatic nitrogens is 2. The van der Waals surface area contributed by atoms with Crippen molar-refractivity contribution in [3.05, 3.63) is 69.7 Å². The number of rotatable bonds is 4. The van der Waals surface area contributed by atoms with E-state index in [4.69, 9.17) is 34.8 Å². The zero-order valence-corrected chi connectivity index (χ0v) is 21.5. The van der Waals surface area contributed by atoms with Crippen molar-refractivity contribution in [2.75, 3.05) is 49.1 Å². The Hall–Kier alpha value is -2.54. The molecule has 0 saturated carbocycles. The predicted octanol–water partition coefficient (Wildman–Crippen LogP) is 5.67. The topological polar surface area (TPSA) is 52.6 Å². The maximum Gasteiger partial charge on any atom is 0.227 e. The third-order valence-corrected chi connectivity index (χ3v) is 7.81. The Labute approximate surface area is 220 Å². The van der Waals surface area contributed by atoms with Crippen molar-refractivity contribution in [3.8, 4) is 11.3 Å². The molecule has 6 nitrogen and oxygen atoms in total. The summed E-state index contributed by atoms with van der Waals surface area (Å²) >= 11 is 18.6. The molecule has 0 spiro atoms. The largest absolute Gasteiger partial charge is 0.367 e. The van der Waals surface area contributed by atoms with Crippen molar-refractivity contribution in [1.82, 2.24) is 15.1 Å². The normalized spacial score (nSPS) is 18.6. The van der Waals surface area contributed by atoms with Crippen LogP contribution < -0.4 is 9.80 Å². The first-order valence-corrected chi connectivity index (χ1v) is 13.0. The van der Waals surface area contributed by atoms with Crippen molar-refractivity contribution in [3.63, 3.8) is 0 Å². The zero-order valence-electron chi connectivity index (χ0n) is 19.2. The Morgan fingerprint density at radius 2 is 1.60 bits per heavy atom. The van der Waals surface area contributed by atoms with Crippen molar-refractivity contribution in [2.24, 2.45) is 5.92 Å². The Bertz CT molecular complexity index is 1180. The van der Waals surface area contributed by atoms with Crippen LogP contribution in [-0.4, -0.2) is 60.3 Å². The molecule has 2 aliphatic heterocycles. The number of carbonyl (C=O) groups is 1. The van der Waals surface area contributed by atoms with E-state index in [1.54, 1.807) is 6.07 Å². The Kier molecular flexibility index (Phi) is 7.32. The highest BCUT2D eigenvalue weighted by Crippen LogP contribution is 2.33. The van der Waals surface area contributed by atoms with Gasteiger partial charge in [-0.05, 0) is 49.2 Å². The third-order valence-electron chi connectivity index (χ3n) is 6.75. The highest BCUT2D eigenvalue weighted by atomic mass is 35.5. The van der Waals surface area contributed by atoms with Gasteiger partial charge in [-0.3, -0.25) is 4.79 Å². The van der Waals surface area contributed by atoms with E-state index in [9.17, 15) is 4.79 Å². The van der Waals surface area contributed by atoms with E-state index in [0.29, 0.717) is 34.7 Å². The Morgan fingerprint density at radius 3 is 2.31 bits per heavy atom. The third kappa shape index (κ3) is 5.35. The lowest BCUT2D eigenvalue weighted by molar-refractivity contribution is -0.136. The minimum atomic E-state index is -0.0391. The summed E-state index contributed by atoms with van der Waals surface area (Å²) in [5, 5.41) is 10.7. The second-order valence-corrected chi connectivity index (χ2v) is 10.2. The quantitative estimate of drug-likeness (QED) is 0.435. The minimum Gasteiger partial charge on any atom is -0.367 e. The van der Waals surface area contributed by atoms with Gasteiger partial charge in [0.1, 0.15) is 0 Å². The van der Waals surface area contributed by atoms with Gasteiger partial charge in [0.2, 0.25) is 5.91 Å². The van der Waals surface area contributed by atoms with Crippen molar-refractivity contribution >= 4 is 52.2 Å². The van der Waals surface area contributed by atoms with Gasteiger partial charge in [0.15, 0.2) is 5.82 Å². The van der Waals surface area contributed by atoms with Gasteiger partial charge in [0.25, 0.3) is 0 Å². The molecule has 3 heterocycles. The molecule has 35 heavy (non-hydrogen) atoms. The Balaban J connectivity index is 1.19. The second kappa shape index (κ2) is 10.6. The molecule has 0 bridgehead atoms. The fraction of sp³-hybridized carbons (Fsp3) is 0.346. The molecule has 2 aliphatic rings. The number of nitrogens with zero attached hydrogens (tertiary/aromatic N) is 5. The van der Waals surface area contributed by atoms with E-state index in [1.807, 2.05) is 53.4 Å². The highest BCUT2D eigenvalue weighted by Gasteiger charge is 2.32. The summed E-state index contributed by atoms with van der Waals surface area (Å²) in [6.07, 6.45) is 1.85. The molecule has 5 rings (SSSR count). The van der Waals surface area contributed by atoms with Gasteiger partial charge in [-0.25, -0.2) is 0 Å². The number of anilines is 2. The first-order valence-electron chi connectivity index (χ1n) is 11.8. The predicted molar refractivity (Wildman–Crippen MR) is 143 cm³/mol. The molecule has 182 valence electrons. The molecule has 9 heteroatoms. The number of amides is 1. The van der Waals surface area contributed by atoms with Gasteiger partial charge in [-0.2, -0.15) is 0 Å². The number of carbonyl (C=O) groups excluding carboxylic acids is 1. The summed E-state index contributed by atoms with van der Waals surface area (Å²) in [5.41, 5.74) is 2.70. The van der Waals surface area contributed by atoms with Gasteiger partial charge < -0.3 is 14.7 Å². The van der Waals surface area contributed by atoms with Gasteiger partial charge in [0.05, 0.1) is 27.3 Å². The maximum absolute atomic E-state index is 13.3. The number of halogens is 3. The molecule has 1 aromatic heterocycles. The summed E-state index contributed by atoms with van der Waals surface area (Å²) in [4.78, 5) is 19.7. The van der Waals surface area contributed by atoms with E-state index < -0.39 is 0 Å². The van der Waals surface area contributed by atoms with E-state index in [2.05, 4.69) is 20.0 Å². The van der Waals surface area contributed by atoms with Crippen molar-refractivity contribution in [1.29, 1.82) is 0 Å². The summed E-state index contributed by atoms with van der Waals surface area (Å²) in [5.74, 6) is 0.987. The molecule has 3 aromatic rings. The van der Waals surface area contributed by atoms with Crippen LogP contribution >= 0.6 is 34.8 Å². The number of hydrogen-bond acceptors (Lipinski definition) is 5. The molecule has 1 unspecified atom stereocenters. The fourth-order valence-electron chi connectivity index (χ4n) is 4.82. The van der Waals surface area contributed by atoms with E-state index in [1.165, 1.54) is 0 Å². The van der Waals surface area contributed by atoms with E-state index in [-0.39, 0.29) is 11.8 Å². The van der Waals surface area contributed by atoms with Gasteiger partial charge in [0, 0.05) is 49.9 Å². The standard InChI is InChI=1S/C26H26Cl3N5O/c27-20-8-6-18(7-9-20)22-10-11-24(31-30-22)34-12-2-3-19(17-34)26(35)33-15-13-32(14-16-33)23-5-1-4-21(28)25(23)29/h1,4-11,19H,2-3,12-17H2. The molecule has 0 aliphatic carbocycles. The van der Waals surface area contributed by atoms with E-state index in [0.717, 1.165) is 55.2 Å². The van der Waals surface area contributed by atoms with Gasteiger partial charge in [-0.15, -0.1) is 10.2 Å². The van der Waals surface area contributed by atoms with Crippen LogP contribution in [0.3, 0.4) is 0 Å². The van der Waals surface area contributed by atoms with Crippen LogP contribution in [0.25, 0.3) is 11.3 Å². The average molecular weight is 531 g/mol. The Morgan fingerprint density at radius 1 is 0.829 bits per heavy atom. The number of piperidine rings is 1. The van der Waals surface area contributed by atoms with Crippen LogP contribution in [0, 0.1) is 5.92 Å². The molecule has 0 radical (unpaired) electrons. The van der Waals surface area contributed by atoms with Crippen LogP contribution in [0.15, 0.2) is 54.6 Å². The smallest absolute Gasteiger partial charge is 0.227 e. The van der Waals surface area contributed by atoms with E-state index >= 15 is 0 Å². The number of hydrogen-bond donors (Lipinski definition) is 0. The monoisotopic (exact) mass is 529 g/mol. The van der Waals surface area contributed by atoms with Crippen LogP contribution in [0.1, 0.15) is 12.8 Å². The molecule has 2 fully saturated rings. The molecular weight excluding hydrogens is 505 g/mol. The number of benzene rings is 2. The van der Waals surface area contributed by atoms with Gasteiger partial charge in [-0.1, -0.05) is 53.0 Å². The summed E-state index contributed by atoms with van der Waals surface area (Å²) < 4.78 is 0.